The Morgan fingerprint density at radius 2 is 2.10 bits per heavy atom. The van der Waals surface area contributed by atoms with E-state index in [0.29, 0.717) is 32.2 Å². The molecule has 2 heterocycles. The van der Waals surface area contributed by atoms with Crippen molar-refractivity contribution >= 4 is 17.2 Å². The third-order valence-electron chi connectivity index (χ3n) is 5.97. The van der Waals surface area contributed by atoms with E-state index < -0.39 is 6.10 Å². The number of amides is 1. The van der Waals surface area contributed by atoms with Crippen molar-refractivity contribution in [2.75, 3.05) is 46.5 Å². The third kappa shape index (κ3) is 6.07. The van der Waals surface area contributed by atoms with Crippen LogP contribution < -0.4 is 4.74 Å². The van der Waals surface area contributed by atoms with Crippen LogP contribution in [-0.4, -0.2) is 73.4 Å². The highest BCUT2D eigenvalue weighted by atomic mass is 32.1. The monoisotopic (exact) mass is 444 g/mol. The van der Waals surface area contributed by atoms with Gasteiger partial charge in [-0.15, -0.1) is 11.3 Å². The minimum Gasteiger partial charge on any atom is -0.491 e. The molecule has 0 saturated heterocycles. The predicted molar refractivity (Wildman–Crippen MR) is 121 cm³/mol. The summed E-state index contributed by atoms with van der Waals surface area (Å²) in [5.74, 6) is 1.56. The number of hydrogen-bond donors (Lipinski definition) is 1. The number of rotatable bonds is 11. The molecule has 1 aliphatic carbocycles. The average Bonchev–Trinajstić information content (AvgIpc) is 3.44. The van der Waals surface area contributed by atoms with Crippen molar-refractivity contribution in [2.24, 2.45) is 5.92 Å². The number of ether oxygens (including phenoxy) is 2. The Bertz CT molecular complexity index is 839. The molecule has 1 N–H and O–H groups in total. The number of carbonyl (C=O) groups is 1. The van der Waals surface area contributed by atoms with E-state index >= 15 is 0 Å². The second kappa shape index (κ2) is 10.6. The SMILES string of the molecule is COC[C@@H](O)CN(CC(=O)N1CCc2sccc2[C@H]1COc1ccccc1)CC1CC1. The minimum absolute atomic E-state index is 0.0885. The van der Waals surface area contributed by atoms with Gasteiger partial charge < -0.3 is 19.5 Å². The van der Waals surface area contributed by atoms with E-state index in [1.807, 2.05) is 35.2 Å². The van der Waals surface area contributed by atoms with Crippen molar-refractivity contribution in [3.63, 3.8) is 0 Å². The maximum absolute atomic E-state index is 13.4. The van der Waals surface area contributed by atoms with Gasteiger partial charge in [0.05, 0.1) is 25.3 Å². The van der Waals surface area contributed by atoms with E-state index in [4.69, 9.17) is 9.47 Å². The summed E-state index contributed by atoms with van der Waals surface area (Å²) in [7, 11) is 1.59. The summed E-state index contributed by atoms with van der Waals surface area (Å²) < 4.78 is 11.1. The lowest BCUT2D eigenvalue weighted by Gasteiger charge is -2.37. The second-order valence-corrected chi connectivity index (χ2v) is 9.52. The van der Waals surface area contributed by atoms with Gasteiger partial charge in [0.15, 0.2) is 0 Å². The van der Waals surface area contributed by atoms with E-state index in [0.717, 1.165) is 18.7 Å². The molecular weight excluding hydrogens is 412 g/mol. The van der Waals surface area contributed by atoms with Crippen molar-refractivity contribution < 1.29 is 19.4 Å². The molecule has 0 radical (unpaired) electrons. The molecule has 7 heteroatoms. The molecule has 1 fully saturated rings. The van der Waals surface area contributed by atoms with Crippen LogP contribution in [0.2, 0.25) is 0 Å². The van der Waals surface area contributed by atoms with E-state index in [1.165, 1.54) is 23.3 Å². The lowest BCUT2D eigenvalue weighted by atomic mass is 10.0. The summed E-state index contributed by atoms with van der Waals surface area (Å²) in [4.78, 5) is 18.8. The molecule has 1 aromatic carbocycles. The zero-order valence-corrected chi connectivity index (χ0v) is 18.9. The Labute approximate surface area is 188 Å². The van der Waals surface area contributed by atoms with Gasteiger partial charge in [0.2, 0.25) is 5.91 Å². The van der Waals surface area contributed by atoms with Crippen LogP contribution in [-0.2, 0) is 16.0 Å². The molecule has 2 aliphatic rings. The largest absolute Gasteiger partial charge is 0.491 e. The fourth-order valence-electron chi connectivity index (χ4n) is 4.26. The number of nitrogens with zero attached hydrogens (tertiary/aromatic N) is 2. The molecule has 1 aromatic heterocycles. The standard InChI is InChI=1S/C24H32N2O4S/c1-29-16-19(27)14-25(13-18-7-8-18)15-24(28)26-11-9-23-21(10-12-31-23)22(26)17-30-20-5-3-2-4-6-20/h2-6,10,12,18-19,22,27H,7-9,11,13-17H2,1H3/t19-,22+/m0/s1. The van der Waals surface area contributed by atoms with Gasteiger partial charge in [-0.3, -0.25) is 9.69 Å². The summed E-state index contributed by atoms with van der Waals surface area (Å²) in [6, 6.07) is 11.8. The van der Waals surface area contributed by atoms with Crippen LogP contribution in [0.5, 0.6) is 5.75 Å². The van der Waals surface area contributed by atoms with E-state index in [1.54, 1.807) is 18.4 Å². The van der Waals surface area contributed by atoms with Crippen LogP contribution in [0.25, 0.3) is 0 Å². The average molecular weight is 445 g/mol. The van der Waals surface area contributed by atoms with E-state index in [2.05, 4.69) is 16.3 Å². The molecule has 1 saturated carbocycles. The van der Waals surface area contributed by atoms with Crippen molar-refractivity contribution in [3.05, 3.63) is 52.2 Å². The van der Waals surface area contributed by atoms with Crippen LogP contribution >= 0.6 is 11.3 Å². The Balaban J connectivity index is 1.44. The first-order valence-electron chi connectivity index (χ1n) is 11.1. The van der Waals surface area contributed by atoms with Gasteiger partial charge in [0.25, 0.3) is 0 Å². The Kier molecular flexibility index (Phi) is 7.61. The molecule has 31 heavy (non-hydrogen) atoms. The van der Waals surface area contributed by atoms with Crippen molar-refractivity contribution in [3.8, 4) is 5.75 Å². The molecule has 6 nitrogen and oxygen atoms in total. The normalized spacial score (nSPS) is 19.3. The number of hydrogen-bond acceptors (Lipinski definition) is 6. The van der Waals surface area contributed by atoms with Gasteiger partial charge in [-0.05, 0) is 54.3 Å². The summed E-state index contributed by atoms with van der Waals surface area (Å²) in [6.45, 7) is 3.05. The molecule has 1 amide bonds. The van der Waals surface area contributed by atoms with Gasteiger partial charge in [-0.1, -0.05) is 18.2 Å². The first kappa shape index (κ1) is 22.3. The van der Waals surface area contributed by atoms with Crippen molar-refractivity contribution in [1.29, 1.82) is 0 Å². The lowest BCUT2D eigenvalue weighted by molar-refractivity contribution is -0.136. The fourth-order valence-corrected chi connectivity index (χ4v) is 5.19. The number of aliphatic hydroxyl groups excluding tert-OH is 1. The molecule has 168 valence electrons. The quantitative estimate of drug-likeness (QED) is 0.577. The third-order valence-corrected chi connectivity index (χ3v) is 6.96. The zero-order chi connectivity index (χ0) is 21.6. The van der Waals surface area contributed by atoms with Crippen LogP contribution in [0, 0.1) is 5.92 Å². The summed E-state index contributed by atoms with van der Waals surface area (Å²) >= 11 is 1.76. The summed E-state index contributed by atoms with van der Waals surface area (Å²) in [5.41, 5.74) is 1.20. The molecule has 1 aliphatic heterocycles. The molecule has 2 aromatic rings. The minimum atomic E-state index is -0.585. The number of methoxy groups -OCH3 is 1. The maximum Gasteiger partial charge on any atom is 0.237 e. The van der Waals surface area contributed by atoms with Gasteiger partial charge >= 0.3 is 0 Å². The zero-order valence-electron chi connectivity index (χ0n) is 18.1. The lowest BCUT2D eigenvalue weighted by Crippen LogP contribution is -2.48. The van der Waals surface area contributed by atoms with Gasteiger partial charge in [-0.25, -0.2) is 0 Å². The van der Waals surface area contributed by atoms with Crippen LogP contribution in [0.15, 0.2) is 41.8 Å². The number of carbonyl (C=O) groups excluding carboxylic acids is 1. The smallest absolute Gasteiger partial charge is 0.237 e. The van der Waals surface area contributed by atoms with Crippen LogP contribution in [0.4, 0.5) is 0 Å². The number of aliphatic hydroxyl groups is 1. The van der Waals surface area contributed by atoms with Crippen molar-refractivity contribution in [2.45, 2.75) is 31.4 Å². The molecular formula is C24H32N2O4S. The van der Waals surface area contributed by atoms with Crippen molar-refractivity contribution in [1.82, 2.24) is 9.80 Å². The Morgan fingerprint density at radius 3 is 2.84 bits per heavy atom. The summed E-state index contributed by atoms with van der Waals surface area (Å²) in [5, 5.41) is 12.3. The van der Waals surface area contributed by atoms with E-state index in [-0.39, 0.29) is 18.6 Å². The highest BCUT2D eigenvalue weighted by Crippen LogP contribution is 2.34. The van der Waals surface area contributed by atoms with Gasteiger partial charge in [0.1, 0.15) is 12.4 Å². The van der Waals surface area contributed by atoms with Gasteiger partial charge in [0, 0.05) is 31.6 Å². The topological polar surface area (TPSA) is 62.2 Å². The Morgan fingerprint density at radius 1 is 1.29 bits per heavy atom. The van der Waals surface area contributed by atoms with Gasteiger partial charge in [-0.2, -0.15) is 0 Å². The van der Waals surface area contributed by atoms with E-state index in [9.17, 15) is 9.90 Å². The second-order valence-electron chi connectivity index (χ2n) is 8.52. The Hall–Kier alpha value is -1.93. The first-order chi connectivity index (χ1) is 15.1. The number of benzene rings is 1. The number of para-hydroxylation sites is 1. The molecule has 0 unspecified atom stereocenters. The fraction of sp³-hybridized carbons (Fsp3) is 0.542. The molecule has 4 rings (SSSR count). The highest BCUT2D eigenvalue weighted by Gasteiger charge is 2.34. The first-order valence-corrected chi connectivity index (χ1v) is 11.9. The molecule has 0 bridgehead atoms. The van der Waals surface area contributed by atoms with Crippen LogP contribution in [0.1, 0.15) is 29.3 Å². The van der Waals surface area contributed by atoms with Crippen LogP contribution in [0.3, 0.4) is 0 Å². The molecule has 0 spiro atoms. The maximum atomic E-state index is 13.4. The predicted octanol–water partition coefficient (Wildman–Crippen LogP) is 2.97. The highest BCUT2D eigenvalue weighted by molar-refractivity contribution is 7.10. The number of fused-ring (bicyclic) bond motifs is 1. The summed E-state index contributed by atoms with van der Waals surface area (Å²) in [6.07, 6.45) is 2.72. The molecule has 2 atom stereocenters. The number of thiophene rings is 1.